The molecular weight excluding hydrogens is 442 g/mol. The molecule has 0 saturated heterocycles. The van der Waals surface area contributed by atoms with Crippen LogP contribution >= 0.6 is 27.5 Å². The van der Waals surface area contributed by atoms with Crippen molar-refractivity contribution >= 4 is 44.1 Å². The Morgan fingerprint density at radius 1 is 1.19 bits per heavy atom. The first-order chi connectivity index (χ1) is 12.1. The molecule has 10 heteroatoms. The van der Waals surface area contributed by atoms with Gasteiger partial charge in [0.1, 0.15) is 17.5 Å². The van der Waals surface area contributed by atoms with Crippen LogP contribution in [-0.4, -0.2) is 15.7 Å². The van der Waals surface area contributed by atoms with Crippen molar-refractivity contribution in [2.75, 3.05) is 5.73 Å². The number of benzene rings is 1. The summed E-state index contributed by atoms with van der Waals surface area (Å²) in [5.41, 5.74) is 4.46. The lowest BCUT2D eigenvalue weighted by Gasteiger charge is -2.16. The first-order valence-corrected chi connectivity index (χ1v) is 8.24. The lowest BCUT2D eigenvalue weighted by molar-refractivity contribution is -0.140. The highest BCUT2D eigenvalue weighted by atomic mass is 79.9. The molecule has 2 N–H and O–H groups in total. The summed E-state index contributed by atoms with van der Waals surface area (Å²) in [6.07, 6.45) is -3.38. The van der Waals surface area contributed by atoms with Crippen molar-refractivity contribution < 1.29 is 17.6 Å². The second-order valence-electron chi connectivity index (χ2n) is 5.48. The van der Waals surface area contributed by atoms with Gasteiger partial charge in [-0.05, 0) is 24.3 Å². The molecule has 0 saturated carbocycles. The Kier molecular flexibility index (Phi) is 4.70. The predicted octanol–water partition coefficient (Wildman–Crippen LogP) is 4.76. The topological polar surface area (TPSA) is 60.9 Å². The highest BCUT2D eigenvalue weighted by Crippen LogP contribution is 2.32. The third-order valence-corrected chi connectivity index (χ3v) is 4.52. The predicted molar refractivity (Wildman–Crippen MR) is 94.6 cm³/mol. The second kappa shape index (κ2) is 6.55. The molecule has 0 aliphatic carbocycles. The lowest BCUT2D eigenvalue weighted by Crippen LogP contribution is -2.29. The maximum atomic E-state index is 13.6. The number of nitrogen functional groups attached to an aromatic ring is 1. The number of fused-ring (bicyclic) bond motifs is 1. The number of rotatable bonds is 2. The summed E-state index contributed by atoms with van der Waals surface area (Å²) in [6.45, 7) is -1.51. The van der Waals surface area contributed by atoms with Gasteiger partial charge in [-0.25, -0.2) is 9.37 Å². The average Bonchev–Trinajstić information content (AvgIpc) is 2.53. The van der Waals surface area contributed by atoms with E-state index in [4.69, 9.17) is 17.3 Å². The number of nitrogens with two attached hydrogens (primary N) is 1. The van der Waals surface area contributed by atoms with Crippen LogP contribution in [0.3, 0.4) is 0 Å². The zero-order valence-corrected chi connectivity index (χ0v) is 15.1. The molecule has 0 fully saturated rings. The van der Waals surface area contributed by atoms with E-state index in [2.05, 4.69) is 20.9 Å². The maximum Gasteiger partial charge on any atom is 0.406 e. The van der Waals surface area contributed by atoms with Crippen LogP contribution in [0.5, 0.6) is 0 Å². The van der Waals surface area contributed by atoms with Gasteiger partial charge in [-0.1, -0.05) is 27.5 Å². The van der Waals surface area contributed by atoms with Crippen molar-refractivity contribution in [2.24, 2.45) is 0 Å². The molecule has 26 heavy (non-hydrogen) atoms. The van der Waals surface area contributed by atoms with Crippen LogP contribution < -0.4 is 11.3 Å². The summed E-state index contributed by atoms with van der Waals surface area (Å²) >= 11 is 8.87. The summed E-state index contributed by atoms with van der Waals surface area (Å²) in [5, 5.41) is 0.218. The van der Waals surface area contributed by atoms with Gasteiger partial charge in [-0.15, -0.1) is 0 Å². The zero-order chi connectivity index (χ0) is 19.2. The van der Waals surface area contributed by atoms with Crippen LogP contribution in [0.4, 0.5) is 23.2 Å². The average molecular weight is 451 g/mol. The minimum Gasteiger partial charge on any atom is -0.396 e. The summed E-state index contributed by atoms with van der Waals surface area (Å²) in [6, 6.07) is 4.78. The monoisotopic (exact) mass is 449 g/mol. The van der Waals surface area contributed by atoms with E-state index in [1.54, 1.807) is 0 Å². The van der Waals surface area contributed by atoms with Crippen molar-refractivity contribution in [3.05, 3.63) is 56.3 Å². The molecule has 0 aliphatic rings. The minimum atomic E-state index is -4.63. The Morgan fingerprint density at radius 3 is 2.54 bits per heavy atom. The van der Waals surface area contributed by atoms with Crippen molar-refractivity contribution in [1.82, 2.24) is 9.55 Å². The molecule has 0 aliphatic heterocycles. The Morgan fingerprint density at radius 2 is 1.88 bits per heavy atom. The van der Waals surface area contributed by atoms with E-state index in [1.807, 2.05) is 0 Å². The molecule has 3 rings (SSSR count). The Labute approximate surface area is 157 Å². The van der Waals surface area contributed by atoms with Gasteiger partial charge in [0.2, 0.25) is 0 Å². The fraction of sp³-hybridized carbons (Fsp3) is 0.125. The quantitative estimate of drug-likeness (QED) is 0.348. The van der Waals surface area contributed by atoms with Crippen LogP contribution in [0, 0.1) is 5.82 Å². The molecule has 0 radical (unpaired) electrons. The zero-order valence-electron chi connectivity index (χ0n) is 12.7. The fourth-order valence-electron chi connectivity index (χ4n) is 2.55. The van der Waals surface area contributed by atoms with E-state index in [1.165, 1.54) is 24.4 Å². The van der Waals surface area contributed by atoms with Crippen LogP contribution in [0.15, 0.2) is 39.7 Å². The summed E-state index contributed by atoms with van der Waals surface area (Å²) in [4.78, 5) is 16.6. The van der Waals surface area contributed by atoms with Crippen LogP contribution in [0.25, 0.3) is 22.0 Å². The lowest BCUT2D eigenvalue weighted by atomic mass is 10.0. The molecule has 0 unspecified atom stereocenters. The first kappa shape index (κ1) is 18.7. The van der Waals surface area contributed by atoms with Gasteiger partial charge in [-0.2, -0.15) is 13.2 Å². The second-order valence-corrected chi connectivity index (χ2v) is 6.73. The van der Waals surface area contributed by atoms with Crippen LogP contribution in [0.1, 0.15) is 0 Å². The molecule has 0 spiro atoms. The number of pyridine rings is 2. The standard InChI is InChI=1S/C16H9BrClF4N3O/c17-10-3-11(19)12(23)2-8(10)9-1-7-5-24-14(18)4-13(7)25(15(9)26)6-16(20,21)22/h1-5H,6,23H2. The van der Waals surface area contributed by atoms with Crippen LogP contribution in [-0.2, 0) is 6.54 Å². The van der Waals surface area contributed by atoms with E-state index in [0.717, 1.165) is 6.07 Å². The number of hydrogen-bond donors (Lipinski definition) is 1. The van der Waals surface area contributed by atoms with Crippen molar-refractivity contribution in [3.8, 4) is 11.1 Å². The van der Waals surface area contributed by atoms with Crippen molar-refractivity contribution in [2.45, 2.75) is 12.7 Å². The number of halogens is 6. The highest BCUT2D eigenvalue weighted by molar-refractivity contribution is 9.10. The SMILES string of the molecule is Nc1cc(-c2cc3cnc(Cl)cc3n(CC(F)(F)F)c2=O)c(Br)cc1F. The van der Waals surface area contributed by atoms with Gasteiger partial charge in [0.15, 0.2) is 0 Å². The Hall–Kier alpha value is -2.13. The summed E-state index contributed by atoms with van der Waals surface area (Å²) < 4.78 is 53.3. The molecule has 0 amide bonds. The largest absolute Gasteiger partial charge is 0.406 e. The van der Waals surface area contributed by atoms with Gasteiger partial charge in [0.25, 0.3) is 5.56 Å². The molecule has 0 atom stereocenters. The molecule has 136 valence electrons. The summed E-state index contributed by atoms with van der Waals surface area (Å²) in [7, 11) is 0. The molecular formula is C16H9BrClF4N3O. The minimum absolute atomic E-state index is 0.0118. The normalized spacial score (nSPS) is 11.9. The summed E-state index contributed by atoms with van der Waals surface area (Å²) in [5.74, 6) is -0.717. The van der Waals surface area contributed by atoms with Crippen molar-refractivity contribution in [3.63, 3.8) is 0 Å². The van der Waals surface area contributed by atoms with Gasteiger partial charge in [-0.3, -0.25) is 9.36 Å². The van der Waals surface area contributed by atoms with E-state index in [-0.39, 0.29) is 37.3 Å². The van der Waals surface area contributed by atoms with E-state index >= 15 is 0 Å². The highest BCUT2D eigenvalue weighted by Gasteiger charge is 2.30. The first-order valence-electron chi connectivity index (χ1n) is 7.07. The Balaban J connectivity index is 2.38. The van der Waals surface area contributed by atoms with Gasteiger partial charge >= 0.3 is 6.18 Å². The number of aromatic nitrogens is 2. The van der Waals surface area contributed by atoms with Crippen molar-refractivity contribution in [1.29, 1.82) is 0 Å². The Bertz CT molecular complexity index is 1080. The smallest absolute Gasteiger partial charge is 0.396 e. The van der Waals surface area contributed by atoms with E-state index < -0.39 is 24.1 Å². The molecule has 0 bridgehead atoms. The fourth-order valence-corrected chi connectivity index (χ4v) is 3.23. The third kappa shape index (κ3) is 3.54. The molecule has 3 aromatic rings. The number of nitrogens with zero attached hydrogens (tertiary/aromatic N) is 2. The molecule has 2 aromatic heterocycles. The van der Waals surface area contributed by atoms with E-state index in [0.29, 0.717) is 4.57 Å². The number of alkyl halides is 3. The number of hydrogen-bond acceptors (Lipinski definition) is 3. The maximum absolute atomic E-state index is 13.6. The molecule has 4 nitrogen and oxygen atoms in total. The van der Waals surface area contributed by atoms with E-state index in [9.17, 15) is 22.4 Å². The number of anilines is 1. The molecule has 2 heterocycles. The van der Waals surface area contributed by atoms with Gasteiger partial charge in [0, 0.05) is 27.2 Å². The molecule has 1 aromatic carbocycles. The third-order valence-electron chi connectivity index (χ3n) is 3.66. The van der Waals surface area contributed by atoms with Gasteiger partial charge in [0.05, 0.1) is 11.2 Å². The van der Waals surface area contributed by atoms with Gasteiger partial charge < -0.3 is 5.73 Å². The van der Waals surface area contributed by atoms with Crippen LogP contribution in [0.2, 0.25) is 5.15 Å².